The highest BCUT2D eigenvalue weighted by Gasteiger charge is 2.45. The van der Waals surface area contributed by atoms with Crippen LogP contribution in [0, 0.1) is 0 Å². The molecular weight excluding hydrogens is 302 g/mol. The Bertz CT molecular complexity index is 636. The molecule has 8 heteroatoms. The average molecular weight is 325 g/mol. The van der Waals surface area contributed by atoms with Crippen LogP contribution in [0.3, 0.4) is 0 Å². The van der Waals surface area contributed by atoms with Gasteiger partial charge in [-0.2, -0.15) is 0 Å². The van der Waals surface area contributed by atoms with Gasteiger partial charge in [0.05, 0.1) is 12.6 Å². The Morgan fingerprint density at radius 3 is 2.70 bits per heavy atom. The number of H-pyrrole nitrogens is 1. The van der Waals surface area contributed by atoms with Crippen molar-refractivity contribution >= 4 is 0 Å². The van der Waals surface area contributed by atoms with E-state index >= 15 is 0 Å². The maximum absolute atomic E-state index is 12.0. The summed E-state index contributed by atoms with van der Waals surface area (Å²) >= 11 is 0. The summed E-state index contributed by atoms with van der Waals surface area (Å²) in [5.41, 5.74) is -1.08. The molecule has 1 saturated heterocycles. The van der Waals surface area contributed by atoms with Crippen LogP contribution in [0.25, 0.3) is 0 Å². The van der Waals surface area contributed by atoms with Crippen LogP contribution in [0.4, 0.5) is 0 Å². The summed E-state index contributed by atoms with van der Waals surface area (Å²) in [5.74, 6) is 0. The molecule has 23 heavy (non-hydrogen) atoms. The van der Waals surface area contributed by atoms with Gasteiger partial charge in [0.2, 0.25) is 0 Å². The molecule has 0 spiro atoms. The smallest absolute Gasteiger partial charge is 0.330 e. The molecule has 2 heterocycles. The van der Waals surface area contributed by atoms with Crippen molar-refractivity contribution < 1.29 is 14.9 Å². The normalized spacial score (nSPS) is 32.3. The Balaban J connectivity index is 1.85. The van der Waals surface area contributed by atoms with Gasteiger partial charge in [0.15, 0.2) is 6.23 Å². The van der Waals surface area contributed by atoms with Gasteiger partial charge in [-0.25, -0.2) is 4.79 Å². The Kier molecular flexibility index (Phi) is 4.96. The second-order valence-corrected chi connectivity index (χ2v) is 6.28. The molecule has 1 aliphatic heterocycles. The first kappa shape index (κ1) is 16.4. The molecule has 1 aromatic rings. The number of aromatic nitrogens is 2. The highest BCUT2D eigenvalue weighted by Crippen LogP contribution is 2.30. The number of nitrogens with one attached hydrogen (secondary N) is 2. The lowest BCUT2D eigenvalue weighted by molar-refractivity contribution is -0.0472. The first-order valence-electron chi connectivity index (χ1n) is 8.12. The zero-order valence-corrected chi connectivity index (χ0v) is 12.9. The van der Waals surface area contributed by atoms with Gasteiger partial charge in [0.1, 0.15) is 12.2 Å². The van der Waals surface area contributed by atoms with E-state index in [4.69, 9.17) is 4.74 Å². The van der Waals surface area contributed by atoms with E-state index < -0.39 is 35.7 Å². The van der Waals surface area contributed by atoms with Gasteiger partial charge in [0.25, 0.3) is 5.56 Å². The standard InChI is InChI=1S/C15H23N3O5/c19-8-10-13(21)12(16-9-4-2-1-3-5-9)14(23-10)18-7-6-11(20)17-15(18)22/h6-7,9-10,12-14,16,19,21H,1-5,8H2,(H,17,20,22)/t10-,12-,13+,14-/m1/s1. The third-order valence-corrected chi connectivity index (χ3v) is 4.71. The fourth-order valence-electron chi connectivity index (χ4n) is 3.48. The molecule has 1 saturated carbocycles. The molecule has 1 aliphatic carbocycles. The van der Waals surface area contributed by atoms with Crippen molar-refractivity contribution in [3.8, 4) is 0 Å². The van der Waals surface area contributed by atoms with Gasteiger partial charge in [-0.15, -0.1) is 0 Å². The minimum Gasteiger partial charge on any atom is -0.394 e. The molecular formula is C15H23N3O5. The molecule has 2 fully saturated rings. The number of rotatable bonds is 4. The van der Waals surface area contributed by atoms with Crippen molar-refractivity contribution in [3.05, 3.63) is 33.1 Å². The highest BCUT2D eigenvalue weighted by molar-refractivity contribution is 4.98. The molecule has 0 aromatic carbocycles. The Labute approximate surface area is 133 Å². The number of aliphatic hydroxyl groups is 2. The molecule has 8 nitrogen and oxygen atoms in total. The maximum Gasteiger partial charge on any atom is 0.330 e. The zero-order chi connectivity index (χ0) is 16.4. The zero-order valence-electron chi connectivity index (χ0n) is 12.9. The highest BCUT2D eigenvalue weighted by atomic mass is 16.5. The molecule has 0 radical (unpaired) electrons. The van der Waals surface area contributed by atoms with Crippen LogP contribution in [0.1, 0.15) is 38.3 Å². The van der Waals surface area contributed by atoms with E-state index in [0.29, 0.717) is 0 Å². The molecule has 4 N–H and O–H groups in total. The van der Waals surface area contributed by atoms with Gasteiger partial charge in [0, 0.05) is 18.3 Å². The first-order valence-corrected chi connectivity index (χ1v) is 8.12. The summed E-state index contributed by atoms with van der Waals surface area (Å²) in [7, 11) is 0. The summed E-state index contributed by atoms with van der Waals surface area (Å²) in [4.78, 5) is 25.4. The fourth-order valence-corrected chi connectivity index (χ4v) is 3.48. The summed E-state index contributed by atoms with van der Waals surface area (Å²) in [6.45, 7) is -0.335. The van der Waals surface area contributed by atoms with Crippen molar-refractivity contribution in [2.75, 3.05) is 6.61 Å². The van der Waals surface area contributed by atoms with Crippen molar-refractivity contribution in [3.63, 3.8) is 0 Å². The van der Waals surface area contributed by atoms with Crippen molar-refractivity contribution in [1.82, 2.24) is 14.9 Å². The number of aliphatic hydroxyl groups excluding tert-OH is 2. The second-order valence-electron chi connectivity index (χ2n) is 6.28. The molecule has 0 amide bonds. The average Bonchev–Trinajstić information content (AvgIpc) is 2.85. The lowest BCUT2D eigenvalue weighted by Gasteiger charge is -2.30. The van der Waals surface area contributed by atoms with Crippen LogP contribution < -0.4 is 16.6 Å². The first-order chi connectivity index (χ1) is 11.1. The third-order valence-electron chi connectivity index (χ3n) is 4.71. The van der Waals surface area contributed by atoms with Gasteiger partial charge >= 0.3 is 5.69 Å². The van der Waals surface area contributed by atoms with Crippen LogP contribution in [-0.2, 0) is 4.74 Å². The predicted molar refractivity (Wildman–Crippen MR) is 82.1 cm³/mol. The lowest BCUT2D eigenvalue weighted by atomic mass is 9.94. The topological polar surface area (TPSA) is 117 Å². The third kappa shape index (κ3) is 3.40. The molecule has 3 rings (SSSR count). The van der Waals surface area contributed by atoms with Gasteiger partial charge in [-0.3, -0.25) is 14.3 Å². The number of hydrogen-bond acceptors (Lipinski definition) is 6. The van der Waals surface area contributed by atoms with Crippen LogP contribution in [0.2, 0.25) is 0 Å². The minimum absolute atomic E-state index is 0.255. The number of nitrogens with zero attached hydrogens (tertiary/aromatic N) is 1. The minimum atomic E-state index is -0.925. The van der Waals surface area contributed by atoms with Crippen LogP contribution in [-0.4, -0.2) is 50.7 Å². The predicted octanol–water partition coefficient (Wildman–Crippen LogP) is -0.922. The van der Waals surface area contributed by atoms with Gasteiger partial charge < -0.3 is 20.3 Å². The van der Waals surface area contributed by atoms with E-state index in [-0.39, 0.29) is 12.6 Å². The molecule has 0 bridgehead atoms. The van der Waals surface area contributed by atoms with Crippen molar-refractivity contribution in [1.29, 1.82) is 0 Å². The number of aromatic amines is 1. The lowest BCUT2D eigenvalue weighted by Crippen LogP contribution is -2.50. The SMILES string of the molecule is O=c1ccn([C@@H]2O[C@H](CO)[C@H](O)[C@H]2NC2CCCCC2)c(=O)[nH]1. The van der Waals surface area contributed by atoms with Crippen LogP contribution >= 0.6 is 0 Å². The molecule has 2 aliphatic rings. The van der Waals surface area contributed by atoms with Gasteiger partial charge in [-0.1, -0.05) is 19.3 Å². The van der Waals surface area contributed by atoms with Gasteiger partial charge in [-0.05, 0) is 12.8 Å². The number of ether oxygens (including phenoxy) is 1. The Morgan fingerprint density at radius 2 is 2.04 bits per heavy atom. The largest absolute Gasteiger partial charge is 0.394 e. The van der Waals surface area contributed by atoms with E-state index in [1.54, 1.807) is 0 Å². The Morgan fingerprint density at radius 1 is 1.30 bits per heavy atom. The monoisotopic (exact) mass is 325 g/mol. The van der Waals surface area contributed by atoms with Crippen molar-refractivity contribution in [2.45, 2.75) is 62.6 Å². The van der Waals surface area contributed by atoms with E-state index in [1.807, 2.05) is 0 Å². The summed E-state index contributed by atoms with van der Waals surface area (Å²) < 4.78 is 6.91. The Hall–Kier alpha value is -1.48. The molecule has 1 aromatic heterocycles. The summed E-state index contributed by atoms with van der Waals surface area (Å²) in [6.07, 6.45) is 4.40. The van der Waals surface area contributed by atoms with Crippen LogP contribution in [0.15, 0.2) is 21.9 Å². The second kappa shape index (κ2) is 6.96. The van der Waals surface area contributed by atoms with E-state index in [1.165, 1.54) is 23.3 Å². The summed E-state index contributed by atoms with van der Waals surface area (Å²) in [6, 6.07) is 0.977. The van der Waals surface area contributed by atoms with E-state index in [2.05, 4.69) is 10.3 Å². The molecule has 128 valence electrons. The summed E-state index contributed by atoms with van der Waals surface area (Å²) in [5, 5.41) is 23.2. The van der Waals surface area contributed by atoms with E-state index in [9.17, 15) is 19.8 Å². The quantitative estimate of drug-likeness (QED) is 0.569. The molecule has 4 atom stereocenters. The van der Waals surface area contributed by atoms with Crippen molar-refractivity contribution in [2.24, 2.45) is 0 Å². The number of hydrogen-bond donors (Lipinski definition) is 4. The maximum atomic E-state index is 12.0. The fraction of sp³-hybridized carbons (Fsp3) is 0.733. The van der Waals surface area contributed by atoms with Crippen LogP contribution in [0.5, 0.6) is 0 Å². The van der Waals surface area contributed by atoms with E-state index in [0.717, 1.165) is 25.7 Å². The molecule has 0 unspecified atom stereocenters.